The van der Waals surface area contributed by atoms with E-state index in [4.69, 9.17) is 4.74 Å². The summed E-state index contributed by atoms with van der Waals surface area (Å²) >= 11 is 0. The summed E-state index contributed by atoms with van der Waals surface area (Å²) in [5, 5.41) is 0. The number of aromatic nitrogens is 1. The Kier molecular flexibility index (Phi) is 3.05. The predicted octanol–water partition coefficient (Wildman–Crippen LogP) is 2.14. The summed E-state index contributed by atoms with van der Waals surface area (Å²) < 4.78 is 5.15. The molecule has 0 aliphatic carbocycles. The van der Waals surface area contributed by atoms with E-state index in [1.165, 1.54) is 5.56 Å². The molecule has 0 radical (unpaired) electrons. The van der Waals surface area contributed by atoms with Gasteiger partial charge in [-0.3, -0.25) is 4.98 Å². The van der Waals surface area contributed by atoms with Gasteiger partial charge in [-0.05, 0) is 6.07 Å². The lowest BCUT2D eigenvalue weighted by Crippen LogP contribution is -1.83. The van der Waals surface area contributed by atoms with Crippen molar-refractivity contribution in [2.45, 2.75) is 27.1 Å². The highest BCUT2D eigenvalue weighted by Gasteiger charge is 2.09. The smallest absolute Gasteiger partial charge is 0.0896 e. The lowest BCUT2D eigenvalue weighted by molar-refractivity contribution is 0.133. The van der Waals surface area contributed by atoms with Crippen LogP contribution in [0.5, 0.6) is 0 Å². The van der Waals surface area contributed by atoms with Crippen LogP contribution >= 0.6 is 0 Å². The van der Waals surface area contributed by atoms with Gasteiger partial charge in [0.2, 0.25) is 0 Å². The van der Waals surface area contributed by atoms with Gasteiger partial charge in [0.05, 0.1) is 18.9 Å². The molecule has 11 heavy (non-hydrogen) atoms. The summed E-state index contributed by atoms with van der Waals surface area (Å²) in [6.07, 6.45) is 1.80. The van der Waals surface area contributed by atoms with Crippen molar-refractivity contribution < 1.29 is 4.74 Å². The first-order valence-corrected chi connectivity index (χ1v) is 3.97. The van der Waals surface area contributed by atoms with Crippen molar-refractivity contribution in [3.8, 4) is 0 Å². The summed E-state index contributed by atoms with van der Waals surface area (Å²) in [5.41, 5.74) is 2.33. The summed E-state index contributed by atoms with van der Waals surface area (Å²) in [7, 11) is 0. The van der Waals surface area contributed by atoms with Gasteiger partial charge < -0.3 is 4.74 Å². The lowest BCUT2D eigenvalue weighted by Gasteiger charge is -1.89. The van der Waals surface area contributed by atoms with E-state index >= 15 is 0 Å². The van der Waals surface area contributed by atoms with Crippen molar-refractivity contribution in [3.63, 3.8) is 0 Å². The van der Waals surface area contributed by atoms with Crippen molar-refractivity contribution in [3.05, 3.63) is 29.6 Å². The molecule has 0 amide bonds. The van der Waals surface area contributed by atoms with E-state index in [2.05, 4.69) is 11.1 Å². The van der Waals surface area contributed by atoms with Gasteiger partial charge >= 0.3 is 0 Å². The van der Waals surface area contributed by atoms with Crippen molar-refractivity contribution in [2.24, 2.45) is 0 Å². The first-order valence-electron chi connectivity index (χ1n) is 3.97. The van der Waals surface area contributed by atoms with Gasteiger partial charge in [-0.2, -0.15) is 0 Å². The Bertz CT molecular complexity index is 200. The highest BCUT2D eigenvalue weighted by atomic mass is 16.5. The Labute approximate surface area is 67.2 Å². The molecule has 2 heteroatoms. The number of ether oxygens (including phenoxy) is 1. The maximum atomic E-state index is 5.15. The molecule has 0 spiro atoms. The first-order chi connectivity index (χ1) is 5.47. The number of rotatable bonds is 0. The second-order valence-corrected chi connectivity index (χ2v) is 2.10. The minimum Gasteiger partial charge on any atom is -0.370 e. The molecule has 1 aliphatic rings. The van der Waals surface area contributed by atoms with Crippen LogP contribution in [0.15, 0.2) is 18.3 Å². The Morgan fingerprint density at radius 3 is 2.91 bits per heavy atom. The van der Waals surface area contributed by atoms with Crippen LogP contribution in [0.2, 0.25) is 0 Å². The van der Waals surface area contributed by atoms with Crippen molar-refractivity contribution >= 4 is 0 Å². The van der Waals surface area contributed by atoms with Crippen LogP contribution in [0.3, 0.4) is 0 Å². The third kappa shape index (κ3) is 1.77. The van der Waals surface area contributed by atoms with Gasteiger partial charge in [0, 0.05) is 11.8 Å². The molecule has 0 N–H and O–H groups in total. The molecule has 1 aliphatic heterocycles. The zero-order chi connectivity index (χ0) is 8.10. The maximum Gasteiger partial charge on any atom is 0.0896 e. The average molecular weight is 151 g/mol. The van der Waals surface area contributed by atoms with Crippen LogP contribution in [-0.4, -0.2) is 4.98 Å². The topological polar surface area (TPSA) is 22.1 Å². The normalized spacial score (nSPS) is 13.3. The number of pyridine rings is 1. The quantitative estimate of drug-likeness (QED) is 0.566. The summed E-state index contributed by atoms with van der Waals surface area (Å²) in [4.78, 5) is 4.13. The van der Waals surface area contributed by atoms with Gasteiger partial charge in [0.1, 0.15) is 0 Å². The van der Waals surface area contributed by atoms with E-state index < -0.39 is 0 Å². The Morgan fingerprint density at radius 1 is 1.36 bits per heavy atom. The van der Waals surface area contributed by atoms with E-state index in [1.807, 2.05) is 19.9 Å². The molecule has 0 atom stereocenters. The fourth-order valence-electron chi connectivity index (χ4n) is 0.990. The molecule has 0 saturated carbocycles. The SMILES string of the molecule is CC.c1cnc2c(c1)COC2. The van der Waals surface area contributed by atoms with Crippen molar-refractivity contribution in [1.29, 1.82) is 0 Å². The van der Waals surface area contributed by atoms with Crippen LogP contribution < -0.4 is 0 Å². The second-order valence-electron chi connectivity index (χ2n) is 2.10. The Morgan fingerprint density at radius 2 is 2.18 bits per heavy atom. The minimum atomic E-state index is 0.691. The van der Waals surface area contributed by atoms with Crippen LogP contribution in [-0.2, 0) is 18.0 Å². The number of fused-ring (bicyclic) bond motifs is 1. The number of hydrogen-bond acceptors (Lipinski definition) is 2. The third-order valence-electron chi connectivity index (χ3n) is 1.48. The molecule has 1 aromatic heterocycles. The zero-order valence-corrected chi connectivity index (χ0v) is 7.00. The summed E-state index contributed by atoms with van der Waals surface area (Å²) in [6, 6.07) is 3.99. The fourth-order valence-corrected chi connectivity index (χ4v) is 0.990. The van der Waals surface area contributed by atoms with E-state index in [-0.39, 0.29) is 0 Å². The molecular formula is C9H13NO. The molecule has 2 nitrogen and oxygen atoms in total. The van der Waals surface area contributed by atoms with E-state index in [9.17, 15) is 0 Å². The van der Waals surface area contributed by atoms with E-state index in [0.717, 1.165) is 12.3 Å². The van der Waals surface area contributed by atoms with Gasteiger partial charge in [-0.1, -0.05) is 19.9 Å². The fraction of sp³-hybridized carbons (Fsp3) is 0.444. The predicted molar refractivity (Wildman–Crippen MR) is 44.1 cm³/mol. The second kappa shape index (κ2) is 4.09. The lowest BCUT2D eigenvalue weighted by atomic mass is 10.2. The zero-order valence-electron chi connectivity index (χ0n) is 7.00. The molecule has 2 rings (SSSR count). The number of nitrogens with zero attached hydrogens (tertiary/aromatic N) is 1. The minimum absolute atomic E-state index is 0.691. The average Bonchev–Trinajstić information content (AvgIpc) is 2.55. The van der Waals surface area contributed by atoms with Gasteiger partial charge in [-0.25, -0.2) is 0 Å². The molecule has 0 unspecified atom stereocenters. The molecule has 1 aromatic rings. The van der Waals surface area contributed by atoms with Crippen LogP contribution in [0.25, 0.3) is 0 Å². The van der Waals surface area contributed by atoms with Crippen LogP contribution in [0.1, 0.15) is 25.1 Å². The Balaban J connectivity index is 0.000000281. The molecule has 0 bridgehead atoms. The molecule has 2 heterocycles. The molecular weight excluding hydrogens is 138 g/mol. The van der Waals surface area contributed by atoms with Crippen LogP contribution in [0.4, 0.5) is 0 Å². The first kappa shape index (κ1) is 8.21. The van der Waals surface area contributed by atoms with Crippen molar-refractivity contribution in [2.75, 3.05) is 0 Å². The van der Waals surface area contributed by atoms with E-state index in [1.54, 1.807) is 6.20 Å². The highest BCUT2D eigenvalue weighted by Crippen LogP contribution is 2.15. The molecule has 0 aromatic carbocycles. The van der Waals surface area contributed by atoms with Gasteiger partial charge in [-0.15, -0.1) is 0 Å². The van der Waals surface area contributed by atoms with Gasteiger partial charge in [0.25, 0.3) is 0 Å². The maximum absolute atomic E-state index is 5.15. The standard InChI is InChI=1S/C7H7NO.C2H6/c1-2-6-4-9-5-7(6)8-3-1;1-2/h1-3H,4-5H2;1-2H3. The highest BCUT2D eigenvalue weighted by molar-refractivity contribution is 5.20. The van der Waals surface area contributed by atoms with E-state index in [0.29, 0.717) is 6.61 Å². The van der Waals surface area contributed by atoms with Gasteiger partial charge in [0.15, 0.2) is 0 Å². The molecule has 60 valence electrons. The summed E-state index contributed by atoms with van der Waals surface area (Å²) in [5.74, 6) is 0. The summed E-state index contributed by atoms with van der Waals surface area (Å²) in [6.45, 7) is 5.43. The largest absolute Gasteiger partial charge is 0.370 e. The van der Waals surface area contributed by atoms with Crippen LogP contribution in [0, 0.1) is 0 Å². The monoisotopic (exact) mass is 151 g/mol. The molecule has 0 saturated heterocycles. The molecule has 0 fully saturated rings. The van der Waals surface area contributed by atoms with Crippen molar-refractivity contribution in [1.82, 2.24) is 4.98 Å². The Hall–Kier alpha value is -0.890. The third-order valence-corrected chi connectivity index (χ3v) is 1.48. The number of hydrogen-bond donors (Lipinski definition) is 0.